The molecule has 2 nitrogen and oxygen atoms in total. The van der Waals surface area contributed by atoms with Gasteiger partial charge in [-0.3, -0.25) is 0 Å². The molecule has 0 amide bonds. The summed E-state index contributed by atoms with van der Waals surface area (Å²) in [7, 11) is 3.83. The summed E-state index contributed by atoms with van der Waals surface area (Å²) < 4.78 is 6.48. The molecular formula is C18H18BrNO. The van der Waals surface area contributed by atoms with Gasteiger partial charge in [0.2, 0.25) is 0 Å². The molecule has 108 valence electrons. The SMILES string of the molecule is COc1ccc2c(c1)N(C)CC(c1cccc(Br)c1C)=C2. The molecule has 2 aromatic carbocycles. The number of nitrogens with zero attached hydrogens (tertiary/aromatic N) is 1. The van der Waals surface area contributed by atoms with Gasteiger partial charge in [-0.1, -0.05) is 28.1 Å². The Bertz CT molecular complexity index is 721. The van der Waals surface area contributed by atoms with E-state index in [0.717, 1.165) is 16.8 Å². The molecule has 1 aliphatic heterocycles. The predicted octanol–water partition coefficient (Wildman–Crippen LogP) is 4.76. The minimum atomic E-state index is 0.899. The number of hydrogen-bond acceptors (Lipinski definition) is 2. The average Bonchev–Trinajstić information content (AvgIpc) is 2.49. The lowest BCUT2D eigenvalue weighted by atomic mass is 9.94. The molecule has 0 unspecified atom stereocenters. The summed E-state index contributed by atoms with van der Waals surface area (Å²) in [6.45, 7) is 3.06. The Morgan fingerprint density at radius 2 is 2.00 bits per heavy atom. The third-order valence-electron chi connectivity index (χ3n) is 4.00. The van der Waals surface area contributed by atoms with Gasteiger partial charge in [0.05, 0.1) is 7.11 Å². The number of methoxy groups -OCH3 is 1. The molecule has 0 N–H and O–H groups in total. The average molecular weight is 344 g/mol. The third-order valence-corrected chi connectivity index (χ3v) is 4.86. The van der Waals surface area contributed by atoms with E-state index in [-0.39, 0.29) is 0 Å². The van der Waals surface area contributed by atoms with Crippen LogP contribution in [-0.4, -0.2) is 20.7 Å². The van der Waals surface area contributed by atoms with E-state index in [0.29, 0.717) is 0 Å². The first-order valence-electron chi connectivity index (χ1n) is 6.95. The Kier molecular flexibility index (Phi) is 3.77. The van der Waals surface area contributed by atoms with Gasteiger partial charge in [0, 0.05) is 29.8 Å². The van der Waals surface area contributed by atoms with E-state index >= 15 is 0 Å². The van der Waals surface area contributed by atoms with Crippen LogP contribution in [0.1, 0.15) is 16.7 Å². The topological polar surface area (TPSA) is 12.5 Å². The van der Waals surface area contributed by atoms with E-state index in [1.807, 2.05) is 6.07 Å². The van der Waals surface area contributed by atoms with Crippen molar-refractivity contribution in [3.05, 3.63) is 57.6 Å². The predicted molar refractivity (Wildman–Crippen MR) is 93.0 cm³/mol. The van der Waals surface area contributed by atoms with Crippen molar-refractivity contribution >= 4 is 33.3 Å². The minimum Gasteiger partial charge on any atom is -0.497 e. The Hall–Kier alpha value is -1.74. The largest absolute Gasteiger partial charge is 0.497 e. The highest BCUT2D eigenvalue weighted by Gasteiger charge is 2.18. The fourth-order valence-electron chi connectivity index (χ4n) is 2.80. The van der Waals surface area contributed by atoms with Crippen molar-refractivity contribution in [3.8, 4) is 5.75 Å². The van der Waals surface area contributed by atoms with Crippen LogP contribution in [0.25, 0.3) is 11.6 Å². The van der Waals surface area contributed by atoms with Gasteiger partial charge in [0.15, 0.2) is 0 Å². The van der Waals surface area contributed by atoms with Gasteiger partial charge in [-0.05, 0) is 53.5 Å². The maximum Gasteiger partial charge on any atom is 0.120 e. The van der Waals surface area contributed by atoms with Crippen LogP contribution in [0.5, 0.6) is 5.75 Å². The number of hydrogen-bond donors (Lipinski definition) is 0. The number of benzene rings is 2. The molecule has 0 aromatic heterocycles. The zero-order valence-corrected chi connectivity index (χ0v) is 14.1. The smallest absolute Gasteiger partial charge is 0.120 e. The number of fused-ring (bicyclic) bond motifs is 1. The molecule has 0 spiro atoms. The second kappa shape index (κ2) is 5.57. The highest BCUT2D eigenvalue weighted by atomic mass is 79.9. The van der Waals surface area contributed by atoms with Gasteiger partial charge in [-0.15, -0.1) is 0 Å². The van der Waals surface area contributed by atoms with Crippen molar-refractivity contribution in [2.75, 3.05) is 25.6 Å². The Balaban J connectivity index is 2.09. The zero-order chi connectivity index (χ0) is 15.0. The molecule has 0 atom stereocenters. The van der Waals surface area contributed by atoms with Crippen molar-refractivity contribution in [2.45, 2.75) is 6.92 Å². The maximum atomic E-state index is 5.32. The first-order valence-corrected chi connectivity index (χ1v) is 7.74. The summed E-state index contributed by atoms with van der Waals surface area (Å²) in [6, 6.07) is 12.6. The molecule has 21 heavy (non-hydrogen) atoms. The zero-order valence-electron chi connectivity index (χ0n) is 12.5. The maximum absolute atomic E-state index is 5.32. The van der Waals surface area contributed by atoms with Crippen LogP contribution in [-0.2, 0) is 0 Å². The molecule has 3 heteroatoms. The summed E-state index contributed by atoms with van der Waals surface area (Å²) >= 11 is 3.62. The van der Waals surface area contributed by atoms with E-state index < -0.39 is 0 Å². The van der Waals surface area contributed by atoms with E-state index in [1.54, 1.807) is 7.11 Å². The monoisotopic (exact) mass is 343 g/mol. The molecule has 1 aliphatic rings. The fourth-order valence-corrected chi connectivity index (χ4v) is 3.16. The second-order valence-electron chi connectivity index (χ2n) is 5.36. The van der Waals surface area contributed by atoms with E-state index in [9.17, 15) is 0 Å². The van der Waals surface area contributed by atoms with Crippen LogP contribution in [0.3, 0.4) is 0 Å². The van der Waals surface area contributed by atoms with Crippen molar-refractivity contribution in [3.63, 3.8) is 0 Å². The minimum absolute atomic E-state index is 0.899. The van der Waals surface area contributed by atoms with Crippen molar-refractivity contribution in [1.29, 1.82) is 0 Å². The molecule has 1 heterocycles. The van der Waals surface area contributed by atoms with Gasteiger partial charge < -0.3 is 9.64 Å². The summed E-state index contributed by atoms with van der Waals surface area (Å²) in [6.07, 6.45) is 2.28. The molecule has 3 rings (SSSR count). The normalized spacial score (nSPS) is 13.7. The molecular weight excluding hydrogens is 326 g/mol. The van der Waals surface area contributed by atoms with Gasteiger partial charge in [-0.2, -0.15) is 0 Å². The summed E-state index contributed by atoms with van der Waals surface area (Å²) in [4.78, 5) is 2.27. The molecule has 0 saturated heterocycles. The van der Waals surface area contributed by atoms with E-state index in [1.165, 1.54) is 28.0 Å². The highest BCUT2D eigenvalue weighted by Crippen LogP contribution is 2.36. The lowest BCUT2D eigenvalue weighted by Crippen LogP contribution is -2.23. The van der Waals surface area contributed by atoms with Crippen LogP contribution in [0.2, 0.25) is 0 Å². The number of likely N-dealkylation sites (N-methyl/N-ethyl adjacent to an activating group) is 1. The molecule has 0 radical (unpaired) electrons. The number of anilines is 1. The lowest BCUT2D eigenvalue weighted by Gasteiger charge is -2.29. The van der Waals surface area contributed by atoms with Gasteiger partial charge in [0.1, 0.15) is 5.75 Å². The quantitative estimate of drug-likeness (QED) is 0.779. The number of ether oxygens (including phenoxy) is 1. The molecule has 0 bridgehead atoms. The Morgan fingerprint density at radius 3 is 2.76 bits per heavy atom. The molecule has 0 saturated carbocycles. The Morgan fingerprint density at radius 1 is 1.19 bits per heavy atom. The van der Waals surface area contributed by atoms with Crippen LogP contribution in [0, 0.1) is 6.92 Å². The molecule has 2 aromatic rings. The first kappa shape index (κ1) is 14.2. The van der Waals surface area contributed by atoms with Crippen LogP contribution in [0.4, 0.5) is 5.69 Å². The Labute approximate surface area is 134 Å². The highest BCUT2D eigenvalue weighted by molar-refractivity contribution is 9.10. The molecule has 0 fully saturated rings. The van der Waals surface area contributed by atoms with Crippen LogP contribution < -0.4 is 9.64 Å². The van der Waals surface area contributed by atoms with E-state index in [2.05, 4.69) is 71.2 Å². The van der Waals surface area contributed by atoms with Crippen molar-refractivity contribution < 1.29 is 4.74 Å². The number of halogens is 1. The summed E-state index contributed by atoms with van der Waals surface area (Å²) in [5, 5.41) is 0. The third kappa shape index (κ3) is 2.58. The van der Waals surface area contributed by atoms with Crippen molar-refractivity contribution in [1.82, 2.24) is 0 Å². The van der Waals surface area contributed by atoms with Crippen molar-refractivity contribution in [2.24, 2.45) is 0 Å². The van der Waals surface area contributed by atoms with Crippen LogP contribution in [0.15, 0.2) is 40.9 Å². The summed E-state index contributed by atoms with van der Waals surface area (Å²) in [5.41, 5.74) is 6.38. The van der Waals surface area contributed by atoms with Gasteiger partial charge in [0.25, 0.3) is 0 Å². The lowest BCUT2D eigenvalue weighted by molar-refractivity contribution is 0.415. The van der Waals surface area contributed by atoms with Crippen LogP contribution >= 0.6 is 15.9 Å². The van der Waals surface area contributed by atoms with E-state index in [4.69, 9.17) is 4.74 Å². The fraction of sp³-hybridized carbons (Fsp3) is 0.222. The first-order chi connectivity index (χ1) is 10.1. The standard InChI is InChI=1S/C18H18BrNO/c1-12-16(5-4-6-17(12)19)14-9-13-7-8-15(21-3)10-18(13)20(2)11-14/h4-10H,11H2,1-3H3. The second-order valence-corrected chi connectivity index (χ2v) is 6.22. The van der Waals surface area contributed by atoms with Gasteiger partial charge >= 0.3 is 0 Å². The van der Waals surface area contributed by atoms with Gasteiger partial charge in [-0.25, -0.2) is 0 Å². The number of rotatable bonds is 2. The molecule has 0 aliphatic carbocycles. The summed E-state index contributed by atoms with van der Waals surface area (Å²) in [5.74, 6) is 0.899.